The molecule has 22 heavy (non-hydrogen) atoms. The predicted molar refractivity (Wildman–Crippen MR) is 91.2 cm³/mol. The zero-order valence-corrected chi connectivity index (χ0v) is 14.4. The van der Waals surface area contributed by atoms with Gasteiger partial charge < -0.3 is 10.2 Å². The topological polar surface area (TPSA) is 52.0 Å². The first-order valence-electron chi connectivity index (χ1n) is 8.36. The van der Waals surface area contributed by atoms with Crippen LogP contribution in [-0.4, -0.2) is 37.1 Å². The van der Waals surface area contributed by atoms with Gasteiger partial charge in [0.25, 0.3) is 0 Å². The molecule has 2 rings (SSSR count). The second kappa shape index (κ2) is 7.60. The number of nitrogens with one attached hydrogen (secondary N) is 1. The lowest BCUT2D eigenvalue weighted by atomic mass is 9.86. The van der Waals surface area contributed by atoms with Gasteiger partial charge in [-0.3, -0.25) is 0 Å². The van der Waals surface area contributed by atoms with Crippen LogP contribution in [0, 0.1) is 17.2 Å². The van der Waals surface area contributed by atoms with Gasteiger partial charge in [0.2, 0.25) is 0 Å². The van der Waals surface area contributed by atoms with E-state index < -0.39 is 0 Å². The van der Waals surface area contributed by atoms with E-state index in [1.807, 2.05) is 0 Å². The first-order chi connectivity index (χ1) is 10.5. The molecule has 1 aromatic rings. The van der Waals surface area contributed by atoms with Crippen LogP contribution in [-0.2, 0) is 19.3 Å². The van der Waals surface area contributed by atoms with Gasteiger partial charge in [0.1, 0.15) is 11.9 Å². The smallest absolute Gasteiger partial charge is 0.144 e. The number of rotatable bonds is 6. The highest BCUT2D eigenvalue weighted by atomic mass is 15.1. The molecule has 1 N–H and O–H groups in total. The van der Waals surface area contributed by atoms with Crippen LogP contribution in [0.5, 0.6) is 0 Å². The molecule has 0 aliphatic heterocycles. The Balaban J connectivity index is 2.36. The summed E-state index contributed by atoms with van der Waals surface area (Å²) in [5, 5.41) is 13.0. The van der Waals surface area contributed by atoms with Crippen molar-refractivity contribution in [1.29, 1.82) is 5.26 Å². The Bertz CT molecular complexity index is 555. The van der Waals surface area contributed by atoms with Crippen molar-refractivity contribution in [2.75, 3.05) is 32.5 Å². The summed E-state index contributed by atoms with van der Waals surface area (Å²) in [7, 11) is 4.11. The molecule has 0 aromatic carbocycles. The zero-order valence-electron chi connectivity index (χ0n) is 14.4. The molecule has 0 unspecified atom stereocenters. The Morgan fingerprint density at radius 2 is 1.91 bits per heavy atom. The number of likely N-dealkylation sites (N-methyl/N-ethyl adjacent to an activating group) is 1. The van der Waals surface area contributed by atoms with Crippen LogP contribution in [0.3, 0.4) is 0 Å². The molecule has 0 atom stereocenters. The van der Waals surface area contributed by atoms with Gasteiger partial charge in [-0.05, 0) is 63.2 Å². The van der Waals surface area contributed by atoms with E-state index >= 15 is 0 Å². The van der Waals surface area contributed by atoms with E-state index in [-0.39, 0.29) is 0 Å². The van der Waals surface area contributed by atoms with E-state index in [1.54, 1.807) is 0 Å². The zero-order chi connectivity index (χ0) is 16.1. The first kappa shape index (κ1) is 16.8. The molecule has 0 radical (unpaired) electrons. The molecule has 1 aliphatic carbocycles. The second-order valence-electron chi connectivity index (χ2n) is 6.89. The summed E-state index contributed by atoms with van der Waals surface area (Å²) in [6.45, 7) is 6.21. The number of pyridine rings is 1. The first-order valence-corrected chi connectivity index (χ1v) is 8.36. The highest BCUT2D eigenvalue weighted by Gasteiger charge is 2.22. The fourth-order valence-corrected chi connectivity index (χ4v) is 3.10. The number of hydrogen-bond donors (Lipinski definition) is 1. The Labute approximate surface area is 134 Å². The summed E-state index contributed by atoms with van der Waals surface area (Å²) in [6, 6.07) is 2.40. The summed E-state index contributed by atoms with van der Waals surface area (Å²) in [5.74, 6) is 1.38. The number of hydrogen-bond acceptors (Lipinski definition) is 4. The summed E-state index contributed by atoms with van der Waals surface area (Å²) < 4.78 is 0. The van der Waals surface area contributed by atoms with Crippen LogP contribution < -0.4 is 5.32 Å². The molecule has 4 heteroatoms. The van der Waals surface area contributed by atoms with Crippen molar-refractivity contribution in [1.82, 2.24) is 9.88 Å². The Kier molecular flexibility index (Phi) is 5.79. The summed E-state index contributed by atoms with van der Waals surface area (Å²) in [4.78, 5) is 6.97. The van der Waals surface area contributed by atoms with E-state index in [4.69, 9.17) is 4.98 Å². The quantitative estimate of drug-likeness (QED) is 0.877. The number of nitriles is 1. The lowest BCUT2D eigenvalue weighted by molar-refractivity contribution is 0.425. The number of nitrogens with zero attached hydrogens (tertiary/aromatic N) is 3. The maximum atomic E-state index is 9.62. The lowest BCUT2D eigenvalue weighted by Gasteiger charge is -2.23. The molecular weight excluding hydrogens is 272 g/mol. The van der Waals surface area contributed by atoms with Crippen molar-refractivity contribution in [2.24, 2.45) is 5.92 Å². The van der Waals surface area contributed by atoms with Crippen molar-refractivity contribution in [3.8, 4) is 6.07 Å². The number of anilines is 1. The molecule has 0 bridgehead atoms. The highest BCUT2D eigenvalue weighted by molar-refractivity contribution is 5.60. The molecule has 0 saturated heterocycles. The SMILES string of the molecule is CC(C)Cc1nc(NCCN(C)C)c(C#N)c2c1CCCC2. The molecule has 0 fully saturated rings. The standard InChI is InChI=1S/C18H28N4/c1-13(2)11-17-15-8-6-5-7-14(15)16(12-19)18(21-17)20-9-10-22(3)4/h13H,5-11H2,1-4H3,(H,20,21). The largest absolute Gasteiger partial charge is 0.368 e. The van der Waals surface area contributed by atoms with Gasteiger partial charge in [-0.1, -0.05) is 13.8 Å². The van der Waals surface area contributed by atoms with E-state index in [9.17, 15) is 5.26 Å². The van der Waals surface area contributed by atoms with Crippen LogP contribution in [0.4, 0.5) is 5.82 Å². The molecule has 0 spiro atoms. The van der Waals surface area contributed by atoms with E-state index in [2.05, 4.69) is 44.2 Å². The van der Waals surface area contributed by atoms with Crippen molar-refractivity contribution in [3.05, 3.63) is 22.4 Å². The minimum atomic E-state index is 0.584. The van der Waals surface area contributed by atoms with Gasteiger partial charge in [0.15, 0.2) is 0 Å². The highest BCUT2D eigenvalue weighted by Crippen LogP contribution is 2.31. The van der Waals surface area contributed by atoms with Gasteiger partial charge in [0.05, 0.1) is 5.56 Å². The number of fused-ring (bicyclic) bond motifs is 1. The van der Waals surface area contributed by atoms with Gasteiger partial charge in [-0.15, -0.1) is 0 Å². The second-order valence-corrected chi connectivity index (χ2v) is 6.89. The van der Waals surface area contributed by atoms with Crippen LogP contribution in [0.15, 0.2) is 0 Å². The fraction of sp³-hybridized carbons (Fsp3) is 0.667. The molecule has 0 amide bonds. The summed E-state index contributed by atoms with van der Waals surface area (Å²) in [6.07, 6.45) is 5.50. The average molecular weight is 300 g/mol. The van der Waals surface area contributed by atoms with Crippen molar-refractivity contribution >= 4 is 5.82 Å². The minimum absolute atomic E-state index is 0.584. The molecule has 4 nitrogen and oxygen atoms in total. The summed E-state index contributed by atoms with van der Waals surface area (Å²) in [5.41, 5.74) is 4.60. The number of aromatic nitrogens is 1. The third-order valence-electron chi connectivity index (χ3n) is 4.17. The molecule has 1 heterocycles. The van der Waals surface area contributed by atoms with Crippen LogP contribution >= 0.6 is 0 Å². The average Bonchev–Trinajstić information content (AvgIpc) is 2.46. The van der Waals surface area contributed by atoms with Crippen molar-refractivity contribution in [2.45, 2.75) is 46.0 Å². The Morgan fingerprint density at radius 1 is 1.23 bits per heavy atom. The third kappa shape index (κ3) is 3.98. The molecule has 0 saturated carbocycles. The Hall–Kier alpha value is -1.60. The fourth-order valence-electron chi connectivity index (χ4n) is 3.10. The third-order valence-corrected chi connectivity index (χ3v) is 4.17. The van der Waals surface area contributed by atoms with Gasteiger partial charge in [0, 0.05) is 18.8 Å². The Morgan fingerprint density at radius 3 is 2.50 bits per heavy atom. The van der Waals surface area contributed by atoms with Gasteiger partial charge >= 0.3 is 0 Å². The monoisotopic (exact) mass is 300 g/mol. The predicted octanol–water partition coefficient (Wildman–Crippen LogP) is 3.00. The van der Waals surface area contributed by atoms with Gasteiger partial charge in [-0.25, -0.2) is 4.98 Å². The van der Waals surface area contributed by atoms with E-state index in [1.165, 1.54) is 29.7 Å². The molecule has 1 aliphatic rings. The van der Waals surface area contributed by atoms with Crippen LogP contribution in [0.2, 0.25) is 0 Å². The van der Waals surface area contributed by atoms with Gasteiger partial charge in [-0.2, -0.15) is 5.26 Å². The minimum Gasteiger partial charge on any atom is -0.368 e. The molecule has 120 valence electrons. The lowest BCUT2D eigenvalue weighted by Crippen LogP contribution is -2.23. The molecule has 1 aromatic heterocycles. The van der Waals surface area contributed by atoms with Crippen molar-refractivity contribution in [3.63, 3.8) is 0 Å². The maximum absolute atomic E-state index is 9.62. The van der Waals surface area contributed by atoms with Crippen LogP contribution in [0.1, 0.15) is 49.1 Å². The molecular formula is C18H28N4. The van der Waals surface area contributed by atoms with E-state index in [0.717, 1.165) is 43.7 Å². The maximum Gasteiger partial charge on any atom is 0.144 e. The van der Waals surface area contributed by atoms with Crippen LogP contribution in [0.25, 0.3) is 0 Å². The van der Waals surface area contributed by atoms with Crippen molar-refractivity contribution < 1.29 is 0 Å². The summed E-state index contributed by atoms with van der Waals surface area (Å²) >= 11 is 0. The normalized spacial score (nSPS) is 14.0. The van der Waals surface area contributed by atoms with E-state index in [0.29, 0.717) is 5.92 Å².